The van der Waals surface area contributed by atoms with Crippen LogP contribution in [0.25, 0.3) is 17.0 Å². The highest BCUT2D eigenvalue weighted by molar-refractivity contribution is 5.58. The summed E-state index contributed by atoms with van der Waals surface area (Å²) in [6, 6.07) is 3.21. The zero-order valence-electron chi connectivity index (χ0n) is 8.15. The summed E-state index contributed by atoms with van der Waals surface area (Å²) in [4.78, 5) is 12.4. The molecule has 78 valence electrons. The molecule has 0 atom stereocenters. The average molecular weight is 213 g/mol. The third-order valence-electron chi connectivity index (χ3n) is 2.17. The highest BCUT2D eigenvalue weighted by Crippen LogP contribution is 2.19. The van der Waals surface area contributed by atoms with Crippen molar-refractivity contribution in [2.45, 2.75) is 0 Å². The molecule has 0 unspecified atom stereocenters. The highest BCUT2D eigenvalue weighted by Gasteiger charge is 2.07. The Morgan fingerprint density at radius 1 is 1.12 bits per heavy atom. The first-order chi connectivity index (χ1) is 7.84. The Hall–Kier alpha value is -2.50. The van der Waals surface area contributed by atoms with Gasteiger partial charge in [0, 0.05) is 24.5 Å². The molecule has 0 aliphatic rings. The molecule has 0 saturated carbocycles. The minimum absolute atomic E-state index is 0.0238. The fourth-order valence-electron chi connectivity index (χ4n) is 1.46. The molecule has 0 aromatic carbocycles. The predicted molar refractivity (Wildman–Crippen MR) is 55.7 cm³/mol. The van der Waals surface area contributed by atoms with Crippen LogP contribution in [-0.4, -0.2) is 29.7 Å². The van der Waals surface area contributed by atoms with Crippen LogP contribution < -0.4 is 0 Å². The third-order valence-corrected chi connectivity index (χ3v) is 2.17. The molecular weight excluding hydrogens is 206 g/mol. The fraction of sp³-hybridized carbons (Fsp3) is 0. The first kappa shape index (κ1) is 8.78. The molecule has 0 saturated heterocycles. The monoisotopic (exact) mass is 213 g/mol. The van der Waals surface area contributed by atoms with Crippen molar-refractivity contribution in [3.8, 4) is 17.3 Å². The van der Waals surface area contributed by atoms with Gasteiger partial charge in [-0.2, -0.15) is 9.61 Å². The Bertz CT molecular complexity index is 634. The van der Waals surface area contributed by atoms with Gasteiger partial charge < -0.3 is 5.11 Å². The molecule has 0 fully saturated rings. The van der Waals surface area contributed by atoms with Crippen molar-refractivity contribution < 1.29 is 5.11 Å². The Kier molecular flexibility index (Phi) is 1.79. The van der Waals surface area contributed by atoms with Gasteiger partial charge >= 0.3 is 0 Å². The van der Waals surface area contributed by atoms with E-state index in [2.05, 4.69) is 20.1 Å². The van der Waals surface area contributed by atoms with E-state index in [9.17, 15) is 5.11 Å². The van der Waals surface area contributed by atoms with E-state index in [-0.39, 0.29) is 5.88 Å². The smallest absolute Gasteiger partial charge is 0.216 e. The van der Waals surface area contributed by atoms with E-state index < -0.39 is 0 Å². The molecule has 16 heavy (non-hydrogen) atoms. The van der Waals surface area contributed by atoms with Gasteiger partial charge in [0.2, 0.25) is 5.88 Å². The lowest BCUT2D eigenvalue weighted by atomic mass is 10.3. The van der Waals surface area contributed by atoms with Crippen LogP contribution in [0.15, 0.2) is 36.9 Å². The number of fused-ring (bicyclic) bond motifs is 1. The maximum Gasteiger partial charge on any atom is 0.216 e. The summed E-state index contributed by atoms with van der Waals surface area (Å²) in [6.45, 7) is 0. The summed E-state index contributed by atoms with van der Waals surface area (Å²) >= 11 is 0. The SMILES string of the molecule is Oc1cc(-c2cnccn2)nc2ccnn12. The molecule has 3 aromatic rings. The zero-order chi connectivity index (χ0) is 11.0. The second-order valence-corrected chi connectivity index (χ2v) is 3.19. The molecule has 0 amide bonds. The molecule has 0 aliphatic carbocycles. The quantitative estimate of drug-likeness (QED) is 0.649. The Balaban J connectivity index is 2.25. The minimum atomic E-state index is 0.0238. The second-order valence-electron chi connectivity index (χ2n) is 3.19. The summed E-state index contributed by atoms with van der Waals surface area (Å²) in [5.41, 5.74) is 1.75. The van der Waals surface area contributed by atoms with Crippen molar-refractivity contribution in [1.29, 1.82) is 0 Å². The van der Waals surface area contributed by atoms with Crippen LogP contribution in [0, 0.1) is 0 Å². The number of aromatic nitrogens is 5. The zero-order valence-corrected chi connectivity index (χ0v) is 8.15. The molecule has 3 heterocycles. The van der Waals surface area contributed by atoms with Crippen LogP contribution in [-0.2, 0) is 0 Å². The lowest BCUT2D eigenvalue weighted by molar-refractivity contribution is 0.435. The third kappa shape index (κ3) is 1.28. The summed E-state index contributed by atoms with van der Waals surface area (Å²) in [5, 5.41) is 13.6. The maximum absolute atomic E-state index is 9.71. The number of aromatic hydroxyl groups is 1. The topological polar surface area (TPSA) is 76.2 Å². The van der Waals surface area contributed by atoms with Gasteiger partial charge in [-0.15, -0.1) is 0 Å². The number of hydrogen-bond donors (Lipinski definition) is 1. The van der Waals surface area contributed by atoms with E-state index >= 15 is 0 Å². The highest BCUT2D eigenvalue weighted by atomic mass is 16.3. The van der Waals surface area contributed by atoms with Crippen molar-refractivity contribution in [2.24, 2.45) is 0 Å². The van der Waals surface area contributed by atoms with Gasteiger partial charge in [0.15, 0.2) is 5.65 Å². The fourth-order valence-corrected chi connectivity index (χ4v) is 1.46. The van der Waals surface area contributed by atoms with Gasteiger partial charge in [-0.1, -0.05) is 0 Å². The predicted octanol–water partition coefficient (Wildman–Crippen LogP) is 0.892. The number of rotatable bonds is 1. The Morgan fingerprint density at radius 2 is 2.06 bits per heavy atom. The first-order valence-corrected chi connectivity index (χ1v) is 4.65. The molecule has 0 spiro atoms. The Labute approximate surface area is 90.2 Å². The van der Waals surface area contributed by atoms with E-state index in [0.29, 0.717) is 17.0 Å². The van der Waals surface area contributed by atoms with Crippen LogP contribution >= 0.6 is 0 Å². The lowest BCUT2D eigenvalue weighted by Crippen LogP contribution is -1.94. The van der Waals surface area contributed by atoms with Crippen molar-refractivity contribution in [3.05, 3.63) is 36.9 Å². The molecule has 0 radical (unpaired) electrons. The van der Waals surface area contributed by atoms with Crippen molar-refractivity contribution >= 4 is 5.65 Å². The van der Waals surface area contributed by atoms with Crippen LogP contribution in [0.3, 0.4) is 0 Å². The van der Waals surface area contributed by atoms with Crippen molar-refractivity contribution in [2.75, 3.05) is 0 Å². The van der Waals surface area contributed by atoms with Crippen molar-refractivity contribution in [3.63, 3.8) is 0 Å². The molecule has 6 nitrogen and oxygen atoms in total. The average Bonchev–Trinajstić information content (AvgIpc) is 2.79. The molecule has 3 rings (SSSR count). The molecule has 6 heteroatoms. The van der Waals surface area contributed by atoms with Crippen LogP contribution in [0.5, 0.6) is 5.88 Å². The minimum Gasteiger partial charge on any atom is -0.493 e. The van der Waals surface area contributed by atoms with Gasteiger partial charge in [-0.3, -0.25) is 9.97 Å². The molecule has 3 aromatic heterocycles. The van der Waals surface area contributed by atoms with Gasteiger partial charge in [0.1, 0.15) is 5.69 Å². The van der Waals surface area contributed by atoms with Gasteiger partial charge in [0.25, 0.3) is 0 Å². The molecular formula is C10H7N5O. The second kappa shape index (κ2) is 3.27. The van der Waals surface area contributed by atoms with E-state index in [4.69, 9.17) is 0 Å². The molecule has 0 bridgehead atoms. The standard InChI is InChI=1S/C10H7N5O/c16-10-5-7(8-6-11-3-4-12-8)14-9-1-2-13-15(9)10/h1-6,16H. The summed E-state index contributed by atoms with van der Waals surface area (Å²) < 4.78 is 1.35. The molecule has 1 N–H and O–H groups in total. The largest absolute Gasteiger partial charge is 0.493 e. The normalized spacial score (nSPS) is 10.8. The first-order valence-electron chi connectivity index (χ1n) is 4.65. The van der Waals surface area contributed by atoms with Crippen molar-refractivity contribution in [1.82, 2.24) is 24.6 Å². The summed E-state index contributed by atoms with van der Waals surface area (Å²) in [5.74, 6) is 0.0238. The van der Waals surface area contributed by atoms with E-state index in [0.717, 1.165) is 0 Å². The van der Waals surface area contributed by atoms with E-state index in [1.165, 1.54) is 10.6 Å². The summed E-state index contributed by atoms with van der Waals surface area (Å²) in [6.07, 6.45) is 6.33. The molecule has 0 aliphatic heterocycles. The number of hydrogen-bond acceptors (Lipinski definition) is 5. The van der Waals surface area contributed by atoms with E-state index in [1.807, 2.05) is 0 Å². The van der Waals surface area contributed by atoms with Gasteiger partial charge in [0.05, 0.1) is 18.1 Å². The number of nitrogens with zero attached hydrogens (tertiary/aromatic N) is 5. The van der Waals surface area contributed by atoms with Gasteiger partial charge in [-0.05, 0) is 0 Å². The van der Waals surface area contributed by atoms with Gasteiger partial charge in [-0.25, -0.2) is 4.98 Å². The van der Waals surface area contributed by atoms with Crippen LogP contribution in [0.1, 0.15) is 0 Å². The lowest BCUT2D eigenvalue weighted by Gasteiger charge is -2.01. The maximum atomic E-state index is 9.71. The van der Waals surface area contributed by atoms with Crippen LogP contribution in [0.2, 0.25) is 0 Å². The Morgan fingerprint density at radius 3 is 2.88 bits per heavy atom. The summed E-state index contributed by atoms with van der Waals surface area (Å²) in [7, 11) is 0. The van der Waals surface area contributed by atoms with E-state index in [1.54, 1.807) is 30.9 Å². The van der Waals surface area contributed by atoms with Crippen LogP contribution in [0.4, 0.5) is 0 Å².